The summed E-state index contributed by atoms with van der Waals surface area (Å²) in [5.74, 6) is -1.17. The van der Waals surface area contributed by atoms with Crippen LogP contribution in [0.1, 0.15) is 29.8 Å². The number of rotatable bonds is 3. The van der Waals surface area contributed by atoms with Crippen molar-refractivity contribution < 1.29 is 9.90 Å². The van der Waals surface area contributed by atoms with Crippen LogP contribution >= 0.6 is 27.3 Å². The first-order chi connectivity index (χ1) is 8.51. The number of halogens is 1. The molecule has 1 N–H and O–H groups in total. The van der Waals surface area contributed by atoms with E-state index in [9.17, 15) is 9.59 Å². The van der Waals surface area contributed by atoms with Crippen molar-refractivity contribution in [2.24, 2.45) is 0 Å². The van der Waals surface area contributed by atoms with Gasteiger partial charge in [-0.1, -0.05) is 6.92 Å². The number of hydrogen-bond donors (Lipinski definition) is 1. The van der Waals surface area contributed by atoms with Crippen LogP contribution in [0, 0.1) is 0 Å². The van der Waals surface area contributed by atoms with Crippen LogP contribution in [0.4, 0.5) is 0 Å². The van der Waals surface area contributed by atoms with Crippen molar-refractivity contribution in [1.82, 2.24) is 4.57 Å². The molecule has 6 heteroatoms. The molecular formula is C12H12BrNO3S. The second-order valence-electron chi connectivity index (χ2n) is 3.85. The number of aromatic nitrogens is 1. The van der Waals surface area contributed by atoms with Crippen molar-refractivity contribution in [1.29, 1.82) is 0 Å². The fourth-order valence-corrected chi connectivity index (χ4v) is 4.07. The van der Waals surface area contributed by atoms with Crippen molar-refractivity contribution in [3.8, 4) is 0 Å². The molecule has 2 aromatic heterocycles. The van der Waals surface area contributed by atoms with E-state index in [-0.39, 0.29) is 11.0 Å². The molecule has 0 atom stereocenters. The Hall–Kier alpha value is -1.14. The van der Waals surface area contributed by atoms with Crippen LogP contribution in [0.3, 0.4) is 0 Å². The third-order valence-corrected chi connectivity index (χ3v) is 4.90. The Balaban J connectivity index is 3.00. The highest BCUT2D eigenvalue weighted by molar-refractivity contribution is 9.11. The summed E-state index contributed by atoms with van der Waals surface area (Å²) in [6.07, 6.45) is 2.12. The quantitative estimate of drug-likeness (QED) is 0.941. The molecule has 4 nitrogen and oxygen atoms in total. The number of aryl methyl sites for hydroxylation is 2. The summed E-state index contributed by atoms with van der Waals surface area (Å²) in [6.45, 7) is 4.51. The number of fused-ring (bicyclic) bond motifs is 1. The zero-order valence-corrected chi connectivity index (χ0v) is 12.4. The molecule has 18 heavy (non-hydrogen) atoms. The first-order valence-corrected chi connectivity index (χ1v) is 7.19. The lowest BCUT2D eigenvalue weighted by Gasteiger charge is -2.06. The minimum Gasteiger partial charge on any atom is -0.477 e. The number of pyridine rings is 1. The van der Waals surface area contributed by atoms with E-state index in [1.807, 2.05) is 18.4 Å². The normalized spacial score (nSPS) is 11.1. The van der Waals surface area contributed by atoms with Crippen molar-refractivity contribution >= 4 is 43.5 Å². The number of aromatic carboxylic acids is 1. The minimum absolute atomic E-state index is 0.163. The van der Waals surface area contributed by atoms with Gasteiger partial charge in [-0.3, -0.25) is 4.79 Å². The molecule has 0 aliphatic carbocycles. The maximum Gasteiger partial charge on any atom is 0.341 e. The van der Waals surface area contributed by atoms with Crippen molar-refractivity contribution in [3.63, 3.8) is 0 Å². The van der Waals surface area contributed by atoms with Crippen LogP contribution < -0.4 is 5.43 Å². The summed E-state index contributed by atoms with van der Waals surface area (Å²) >= 11 is 4.92. The van der Waals surface area contributed by atoms with Gasteiger partial charge in [-0.15, -0.1) is 11.3 Å². The molecule has 0 aromatic carbocycles. The van der Waals surface area contributed by atoms with Gasteiger partial charge in [-0.05, 0) is 34.8 Å². The second kappa shape index (κ2) is 4.85. The van der Waals surface area contributed by atoms with E-state index in [0.29, 0.717) is 18.4 Å². The number of carboxylic acids is 1. The average molecular weight is 330 g/mol. The molecule has 2 heterocycles. The van der Waals surface area contributed by atoms with Gasteiger partial charge in [0.15, 0.2) is 0 Å². The summed E-state index contributed by atoms with van der Waals surface area (Å²) in [5, 5.41) is 9.63. The summed E-state index contributed by atoms with van der Waals surface area (Å²) in [4.78, 5) is 24.2. The van der Waals surface area contributed by atoms with Gasteiger partial charge in [0.2, 0.25) is 5.43 Å². The molecule has 0 radical (unpaired) electrons. The highest BCUT2D eigenvalue weighted by Crippen LogP contribution is 2.34. The molecule has 0 saturated heterocycles. The van der Waals surface area contributed by atoms with E-state index in [0.717, 1.165) is 14.2 Å². The fourth-order valence-electron chi connectivity index (χ4n) is 1.97. The molecule has 0 amide bonds. The molecule has 0 spiro atoms. The van der Waals surface area contributed by atoms with Crippen LogP contribution in [0.15, 0.2) is 14.8 Å². The Labute approximate surface area is 116 Å². The Morgan fingerprint density at radius 3 is 2.67 bits per heavy atom. The molecule has 0 bridgehead atoms. The van der Waals surface area contributed by atoms with Gasteiger partial charge >= 0.3 is 5.97 Å². The van der Waals surface area contributed by atoms with Crippen LogP contribution in [0.2, 0.25) is 0 Å². The van der Waals surface area contributed by atoms with Gasteiger partial charge in [0.25, 0.3) is 0 Å². The molecule has 0 aliphatic heterocycles. The largest absolute Gasteiger partial charge is 0.477 e. The molecule has 2 aromatic rings. The third kappa shape index (κ3) is 1.89. The number of nitrogens with zero attached hydrogens (tertiary/aromatic N) is 1. The smallest absolute Gasteiger partial charge is 0.341 e. The predicted octanol–water partition coefficient (Wildman–Crippen LogP) is 3.11. The molecule has 0 aliphatic rings. The van der Waals surface area contributed by atoms with Gasteiger partial charge in [-0.2, -0.15) is 0 Å². The van der Waals surface area contributed by atoms with Crippen molar-refractivity contribution in [2.45, 2.75) is 26.8 Å². The summed E-state index contributed by atoms with van der Waals surface area (Å²) < 4.78 is 2.72. The Morgan fingerprint density at radius 2 is 2.17 bits per heavy atom. The van der Waals surface area contributed by atoms with Gasteiger partial charge in [0.1, 0.15) is 10.4 Å². The average Bonchev–Trinajstić information content (AvgIpc) is 2.66. The lowest BCUT2D eigenvalue weighted by atomic mass is 10.1. The van der Waals surface area contributed by atoms with Crippen molar-refractivity contribution in [2.75, 3.05) is 0 Å². The Bertz CT molecular complexity index is 687. The Kier molecular flexibility index (Phi) is 3.59. The molecule has 0 unspecified atom stereocenters. The second-order valence-corrected chi connectivity index (χ2v) is 6.17. The molecular weight excluding hydrogens is 318 g/mol. The van der Waals surface area contributed by atoms with Crippen molar-refractivity contribution in [3.05, 3.63) is 31.3 Å². The van der Waals surface area contributed by atoms with Gasteiger partial charge in [0, 0.05) is 12.7 Å². The fraction of sp³-hybridized carbons (Fsp3) is 0.333. The summed E-state index contributed by atoms with van der Waals surface area (Å²) in [5.41, 5.74) is 0.343. The third-order valence-electron chi connectivity index (χ3n) is 2.88. The SMILES string of the molecule is CCc1c(Br)sc2c1c(=O)c(C(=O)O)cn2CC. The topological polar surface area (TPSA) is 59.3 Å². The van der Waals surface area contributed by atoms with Crippen LogP contribution in [-0.4, -0.2) is 15.6 Å². The standard InChI is InChI=1S/C12H12BrNO3S/c1-3-6-8-9(15)7(12(16)17)5-14(4-2)11(8)18-10(6)13/h5H,3-4H2,1-2H3,(H,16,17). The molecule has 0 saturated carbocycles. The van der Waals surface area contributed by atoms with E-state index in [1.54, 1.807) is 0 Å². The number of carbonyl (C=O) groups is 1. The number of carboxylic acid groups (broad SMARTS) is 1. The van der Waals surface area contributed by atoms with Gasteiger partial charge < -0.3 is 9.67 Å². The summed E-state index contributed by atoms with van der Waals surface area (Å²) in [6, 6.07) is 0. The van der Waals surface area contributed by atoms with E-state index in [1.165, 1.54) is 17.5 Å². The maximum atomic E-state index is 12.2. The maximum absolute atomic E-state index is 12.2. The summed E-state index contributed by atoms with van der Waals surface area (Å²) in [7, 11) is 0. The zero-order valence-electron chi connectivity index (χ0n) is 9.99. The minimum atomic E-state index is -1.17. The lowest BCUT2D eigenvalue weighted by Crippen LogP contribution is -2.18. The highest BCUT2D eigenvalue weighted by Gasteiger charge is 2.19. The molecule has 0 fully saturated rings. The van der Waals surface area contributed by atoms with Crippen LogP contribution in [-0.2, 0) is 13.0 Å². The van der Waals surface area contributed by atoms with E-state index in [4.69, 9.17) is 5.11 Å². The first-order valence-electron chi connectivity index (χ1n) is 5.58. The van der Waals surface area contributed by atoms with Crippen LogP contribution in [0.25, 0.3) is 10.2 Å². The van der Waals surface area contributed by atoms with Crippen LogP contribution in [0.5, 0.6) is 0 Å². The van der Waals surface area contributed by atoms with E-state index >= 15 is 0 Å². The number of hydrogen-bond acceptors (Lipinski definition) is 3. The zero-order chi connectivity index (χ0) is 13.4. The first kappa shape index (κ1) is 13.3. The number of thiophene rings is 1. The Morgan fingerprint density at radius 1 is 1.50 bits per heavy atom. The van der Waals surface area contributed by atoms with Gasteiger partial charge in [0.05, 0.1) is 9.17 Å². The predicted molar refractivity (Wildman–Crippen MR) is 75.8 cm³/mol. The monoisotopic (exact) mass is 329 g/mol. The van der Waals surface area contributed by atoms with E-state index in [2.05, 4.69) is 15.9 Å². The molecule has 2 rings (SSSR count). The van der Waals surface area contributed by atoms with E-state index < -0.39 is 5.97 Å². The molecule has 96 valence electrons. The highest BCUT2D eigenvalue weighted by atomic mass is 79.9. The lowest BCUT2D eigenvalue weighted by molar-refractivity contribution is 0.0695. The van der Waals surface area contributed by atoms with Gasteiger partial charge in [-0.25, -0.2) is 4.79 Å².